The van der Waals surface area contributed by atoms with Gasteiger partial charge in [0.05, 0.1) is 18.1 Å². The monoisotopic (exact) mass is 416 g/mol. The van der Waals surface area contributed by atoms with Crippen LogP contribution in [-0.2, 0) is 19.4 Å². The normalized spacial score (nSPS) is 11.5. The van der Waals surface area contributed by atoms with E-state index in [2.05, 4.69) is 0 Å². The molecule has 0 atom stereocenters. The van der Waals surface area contributed by atoms with Crippen molar-refractivity contribution in [2.75, 3.05) is 19.5 Å². The number of esters is 1. The van der Waals surface area contributed by atoms with Crippen LogP contribution >= 0.6 is 0 Å². The molecule has 2 aromatic rings. The largest absolute Gasteiger partial charge is 0.494 e. The highest BCUT2D eigenvalue weighted by Crippen LogP contribution is 2.16. The fourth-order valence-electron chi connectivity index (χ4n) is 2.55. The lowest BCUT2D eigenvalue weighted by molar-refractivity contribution is -0.143. The predicted octanol–water partition coefficient (Wildman–Crippen LogP) is 4.76. The van der Waals surface area contributed by atoms with Crippen LogP contribution in [0.25, 0.3) is 12.2 Å². The van der Waals surface area contributed by atoms with Crippen molar-refractivity contribution in [1.82, 2.24) is 0 Å². The number of benzene rings is 2. The standard InChI is InChI=1S/C23H28O5S/c1-3-6-23(24)28-18-5-4-17-27-21-13-9-19(10-14-21)7-8-20-11-15-22(16-12-20)29(2,25)26/h7-16H,3-6,17-18H2,1-2H3/b8-7+. The molecule has 0 bridgehead atoms. The molecular formula is C23H28O5S. The number of sulfone groups is 1. The second kappa shape index (κ2) is 11.4. The highest BCUT2D eigenvalue weighted by atomic mass is 32.2. The Bertz CT molecular complexity index is 897. The fraction of sp³-hybridized carbons (Fsp3) is 0.348. The molecule has 0 radical (unpaired) electrons. The van der Waals surface area contributed by atoms with Crippen molar-refractivity contribution in [3.05, 3.63) is 59.7 Å². The Balaban J connectivity index is 1.74. The third-order valence-corrected chi connectivity index (χ3v) is 5.31. The lowest BCUT2D eigenvalue weighted by Gasteiger charge is -2.07. The molecule has 0 saturated carbocycles. The van der Waals surface area contributed by atoms with Crippen LogP contribution < -0.4 is 4.74 Å². The Morgan fingerprint density at radius 2 is 1.45 bits per heavy atom. The van der Waals surface area contributed by atoms with Gasteiger partial charge in [-0.1, -0.05) is 43.3 Å². The van der Waals surface area contributed by atoms with Crippen molar-refractivity contribution in [1.29, 1.82) is 0 Å². The molecule has 0 aliphatic heterocycles. The van der Waals surface area contributed by atoms with Gasteiger partial charge in [0.15, 0.2) is 9.84 Å². The molecule has 2 rings (SSSR count). The number of carbonyl (C=O) groups excluding carboxylic acids is 1. The summed E-state index contributed by atoms with van der Waals surface area (Å²) in [6.45, 7) is 2.97. The van der Waals surface area contributed by atoms with Crippen molar-refractivity contribution >= 4 is 28.0 Å². The first-order valence-corrected chi connectivity index (χ1v) is 11.6. The zero-order valence-electron chi connectivity index (χ0n) is 17.0. The van der Waals surface area contributed by atoms with Crippen LogP contribution in [0.5, 0.6) is 5.75 Å². The van der Waals surface area contributed by atoms with Crippen molar-refractivity contribution in [3.63, 3.8) is 0 Å². The summed E-state index contributed by atoms with van der Waals surface area (Å²) in [7, 11) is -3.17. The molecule has 5 nitrogen and oxygen atoms in total. The lowest BCUT2D eigenvalue weighted by atomic mass is 10.1. The molecule has 0 N–H and O–H groups in total. The summed E-state index contributed by atoms with van der Waals surface area (Å²) in [6.07, 6.45) is 7.99. The zero-order valence-corrected chi connectivity index (χ0v) is 17.8. The first-order chi connectivity index (χ1) is 13.9. The van der Waals surface area contributed by atoms with Crippen LogP contribution in [-0.4, -0.2) is 33.9 Å². The summed E-state index contributed by atoms with van der Waals surface area (Å²) in [5.41, 5.74) is 1.95. The Morgan fingerprint density at radius 1 is 0.897 bits per heavy atom. The molecule has 0 spiro atoms. The number of hydrogen-bond acceptors (Lipinski definition) is 5. The molecule has 0 aliphatic carbocycles. The number of hydrogen-bond donors (Lipinski definition) is 0. The van der Waals surface area contributed by atoms with E-state index < -0.39 is 9.84 Å². The maximum absolute atomic E-state index is 11.5. The Kier molecular flexibility index (Phi) is 8.93. The first kappa shape index (κ1) is 22.7. The number of unbranched alkanes of at least 4 members (excludes halogenated alkanes) is 1. The molecule has 0 aliphatic rings. The van der Waals surface area contributed by atoms with Gasteiger partial charge in [-0.05, 0) is 54.7 Å². The van der Waals surface area contributed by atoms with E-state index in [0.29, 0.717) is 24.5 Å². The average Bonchev–Trinajstić information content (AvgIpc) is 2.70. The summed E-state index contributed by atoms with van der Waals surface area (Å²) in [4.78, 5) is 11.6. The lowest BCUT2D eigenvalue weighted by Crippen LogP contribution is -2.06. The molecule has 0 heterocycles. The minimum atomic E-state index is -3.17. The summed E-state index contributed by atoms with van der Waals surface area (Å²) in [5.74, 6) is 0.658. The quantitative estimate of drug-likeness (QED) is 0.300. The zero-order chi connectivity index (χ0) is 21.1. The molecule has 0 saturated heterocycles. The number of rotatable bonds is 11. The number of ether oxygens (including phenoxy) is 2. The van der Waals surface area contributed by atoms with Gasteiger partial charge >= 0.3 is 5.97 Å². The predicted molar refractivity (Wildman–Crippen MR) is 116 cm³/mol. The van der Waals surface area contributed by atoms with Gasteiger partial charge in [-0.3, -0.25) is 4.79 Å². The summed E-state index contributed by atoms with van der Waals surface area (Å²) in [6, 6.07) is 14.5. The van der Waals surface area contributed by atoms with Crippen LogP contribution in [0.15, 0.2) is 53.4 Å². The highest BCUT2D eigenvalue weighted by molar-refractivity contribution is 7.90. The molecule has 6 heteroatoms. The summed E-state index contributed by atoms with van der Waals surface area (Å²) >= 11 is 0. The van der Waals surface area contributed by atoms with Crippen LogP contribution in [0.1, 0.15) is 43.7 Å². The van der Waals surface area contributed by atoms with E-state index in [1.807, 2.05) is 43.3 Å². The number of carbonyl (C=O) groups is 1. The van der Waals surface area contributed by atoms with Gasteiger partial charge < -0.3 is 9.47 Å². The minimum Gasteiger partial charge on any atom is -0.494 e. The molecule has 2 aromatic carbocycles. The van der Waals surface area contributed by atoms with Crippen molar-refractivity contribution < 1.29 is 22.7 Å². The van der Waals surface area contributed by atoms with Gasteiger partial charge in [0.1, 0.15) is 5.75 Å². The maximum atomic E-state index is 11.5. The van der Waals surface area contributed by atoms with E-state index >= 15 is 0 Å². The maximum Gasteiger partial charge on any atom is 0.305 e. The van der Waals surface area contributed by atoms with E-state index in [1.54, 1.807) is 24.3 Å². The third-order valence-electron chi connectivity index (χ3n) is 4.18. The van der Waals surface area contributed by atoms with E-state index in [9.17, 15) is 13.2 Å². The highest BCUT2D eigenvalue weighted by Gasteiger charge is 2.05. The van der Waals surface area contributed by atoms with Crippen LogP contribution in [0, 0.1) is 0 Å². The Morgan fingerprint density at radius 3 is 2.00 bits per heavy atom. The van der Waals surface area contributed by atoms with E-state index in [-0.39, 0.29) is 5.97 Å². The molecule has 0 aromatic heterocycles. The average molecular weight is 417 g/mol. The molecule has 0 amide bonds. The fourth-order valence-corrected chi connectivity index (χ4v) is 3.18. The summed E-state index contributed by atoms with van der Waals surface area (Å²) in [5, 5.41) is 0. The molecule has 0 fully saturated rings. The topological polar surface area (TPSA) is 69.7 Å². The molecular weight excluding hydrogens is 388 g/mol. The van der Waals surface area contributed by atoms with Gasteiger partial charge in [0, 0.05) is 12.7 Å². The van der Waals surface area contributed by atoms with Crippen LogP contribution in [0.3, 0.4) is 0 Å². The second-order valence-electron chi connectivity index (χ2n) is 6.77. The SMILES string of the molecule is CCCC(=O)OCCCCOc1ccc(/C=C/c2ccc(S(C)(=O)=O)cc2)cc1. The minimum absolute atomic E-state index is 0.136. The molecule has 0 unspecified atom stereocenters. The molecule has 156 valence electrons. The summed E-state index contributed by atoms with van der Waals surface area (Å²) < 4.78 is 33.8. The van der Waals surface area contributed by atoms with Crippen molar-refractivity contribution in [3.8, 4) is 5.75 Å². The van der Waals surface area contributed by atoms with Gasteiger partial charge in [-0.15, -0.1) is 0 Å². The smallest absolute Gasteiger partial charge is 0.305 e. The van der Waals surface area contributed by atoms with Gasteiger partial charge in [0.25, 0.3) is 0 Å². The second-order valence-corrected chi connectivity index (χ2v) is 8.79. The van der Waals surface area contributed by atoms with Crippen LogP contribution in [0.2, 0.25) is 0 Å². The Labute approximate surface area is 173 Å². The Hall–Kier alpha value is -2.60. The van der Waals surface area contributed by atoms with E-state index in [0.717, 1.165) is 36.1 Å². The first-order valence-electron chi connectivity index (χ1n) is 9.75. The van der Waals surface area contributed by atoms with Gasteiger partial charge in [-0.2, -0.15) is 0 Å². The third kappa shape index (κ3) is 8.52. The molecule has 29 heavy (non-hydrogen) atoms. The van der Waals surface area contributed by atoms with Gasteiger partial charge in [-0.25, -0.2) is 8.42 Å². The van der Waals surface area contributed by atoms with Crippen molar-refractivity contribution in [2.24, 2.45) is 0 Å². The van der Waals surface area contributed by atoms with Crippen LogP contribution in [0.4, 0.5) is 0 Å². The van der Waals surface area contributed by atoms with Gasteiger partial charge in [0.2, 0.25) is 0 Å². The van der Waals surface area contributed by atoms with Crippen molar-refractivity contribution in [2.45, 2.75) is 37.5 Å². The van der Waals surface area contributed by atoms with E-state index in [4.69, 9.17) is 9.47 Å². The van der Waals surface area contributed by atoms with E-state index in [1.165, 1.54) is 6.26 Å².